The number of hydrogen-bond donors (Lipinski definition) is 1. The van der Waals surface area contributed by atoms with Crippen molar-refractivity contribution >= 4 is 39.4 Å². The number of hydrogen-bond acceptors (Lipinski definition) is 6. The molecule has 41 heavy (non-hydrogen) atoms. The summed E-state index contributed by atoms with van der Waals surface area (Å²) in [7, 11) is 0. The van der Waals surface area contributed by atoms with Gasteiger partial charge in [0.05, 0.1) is 16.6 Å². The molecule has 2 heterocycles. The minimum Gasteiger partial charge on any atom is -0.479 e. The van der Waals surface area contributed by atoms with E-state index in [1.165, 1.54) is 25.1 Å². The molecule has 0 bridgehead atoms. The van der Waals surface area contributed by atoms with Gasteiger partial charge in [-0.3, -0.25) is 4.57 Å². The van der Waals surface area contributed by atoms with Crippen LogP contribution in [0.5, 0.6) is 23.0 Å². The van der Waals surface area contributed by atoms with Gasteiger partial charge in [0.1, 0.15) is 17.2 Å². The molecule has 12 heteroatoms. The maximum Gasteiger partial charge on any atom is 0.573 e. The fourth-order valence-corrected chi connectivity index (χ4v) is 4.79. The van der Waals surface area contributed by atoms with Gasteiger partial charge in [-0.05, 0) is 62.7 Å². The number of nitrogens with zero attached hydrogens (tertiary/aromatic N) is 2. The number of aliphatic carboxylic acids is 1. The highest BCUT2D eigenvalue weighted by atomic mass is 35.5. The van der Waals surface area contributed by atoms with E-state index in [-0.39, 0.29) is 5.75 Å². The highest BCUT2D eigenvalue weighted by Gasteiger charge is 2.32. The number of carbonyl (C=O) groups is 1. The van der Waals surface area contributed by atoms with Crippen LogP contribution in [0.2, 0.25) is 5.02 Å². The molecule has 0 fully saturated rings. The molecule has 3 aromatic carbocycles. The summed E-state index contributed by atoms with van der Waals surface area (Å²) >= 11 is 6.10. The van der Waals surface area contributed by atoms with Crippen molar-refractivity contribution in [3.63, 3.8) is 0 Å². The van der Waals surface area contributed by atoms with Gasteiger partial charge in [0, 0.05) is 22.0 Å². The number of fused-ring (bicyclic) bond motifs is 2. The molecule has 1 atom stereocenters. The zero-order valence-electron chi connectivity index (χ0n) is 22.1. The van der Waals surface area contributed by atoms with Crippen molar-refractivity contribution in [3.05, 3.63) is 70.9 Å². The van der Waals surface area contributed by atoms with Crippen molar-refractivity contribution in [3.8, 4) is 28.8 Å². The molecule has 0 radical (unpaired) electrons. The first-order valence-electron chi connectivity index (χ1n) is 12.6. The molecule has 5 aromatic rings. The van der Waals surface area contributed by atoms with Gasteiger partial charge in [-0.25, -0.2) is 4.79 Å². The monoisotopic (exact) mass is 588 g/mol. The SMILES string of the molecule is CCCc1c(Oc2c(C)n(-c3noc4cc(Cl)ccc34)c3ccc(OC(F)(F)F)cc23)cccc1O[C@@H](C)C(=O)O. The van der Waals surface area contributed by atoms with Crippen LogP contribution in [0.1, 0.15) is 31.5 Å². The van der Waals surface area contributed by atoms with Crippen LogP contribution in [-0.2, 0) is 11.2 Å². The Kier molecular flexibility index (Phi) is 7.48. The zero-order chi connectivity index (χ0) is 29.5. The van der Waals surface area contributed by atoms with Crippen LogP contribution in [0.4, 0.5) is 13.2 Å². The van der Waals surface area contributed by atoms with Crippen LogP contribution < -0.4 is 14.2 Å². The quantitative estimate of drug-likeness (QED) is 0.185. The predicted octanol–water partition coefficient (Wildman–Crippen LogP) is 8.23. The maximum atomic E-state index is 13.1. The number of ether oxygens (including phenoxy) is 3. The van der Waals surface area contributed by atoms with Crippen LogP contribution >= 0.6 is 11.6 Å². The van der Waals surface area contributed by atoms with E-state index < -0.39 is 24.2 Å². The van der Waals surface area contributed by atoms with E-state index in [1.807, 2.05) is 6.92 Å². The molecule has 0 saturated carbocycles. The Morgan fingerprint density at radius 1 is 1.12 bits per heavy atom. The van der Waals surface area contributed by atoms with E-state index in [4.69, 9.17) is 25.6 Å². The summed E-state index contributed by atoms with van der Waals surface area (Å²) in [5.41, 5.74) is 2.05. The van der Waals surface area contributed by atoms with E-state index in [0.29, 0.717) is 68.3 Å². The third-order valence-corrected chi connectivity index (χ3v) is 6.67. The summed E-state index contributed by atoms with van der Waals surface area (Å²) in [5.74, 6) is -0.219. The lowest BCUT2D eigenvalue weighted by Gasteiger charge is -2.18. The summed E-state index contributed by atoms with van der Waals surface area (Å²) in [6.07, 6.45) is -4.82. The summed E-state index contributed by atoms with van der Waals surface area (Å²) < 4.78 is 62.8. The Hall–Kier alpha value is -4.38. The van der Waals surface area contributed by atoms with Crippen LogP contribution in [0.25, 0.3) is 27.7 Å². The van der Waals surface area contributed by atoms with E-state index in [0.717, 1.165) is 0 Å². The molecule has 0 unspecified atom stereocenters. The van der Waals surface area contributed by atoms with Crippen LogP contribution in [0, 0.1) is 6.92 Å². The number of rotatable bonds is 9. The minimum atomic E-state index is -4.89. The first-order chi connectivity index (χ1) is 19.5. The summed E-state index contributed by atoms with van der Waals surface area (Å²) in [6.45, 7) is 5.10. The third-order valence-electron chi connectivity index (χ3n) is 6.43. The van der Waals surface area contributed by atoms with Gasteiger partial charge in [-0.1, -0.05) is 36.2 Å². The fraction of sp³-hybridized carbons (Fsp3) is 0.241. The number of aromatic nitrogens is 2. The molecule has 8 nitrogen and oxygen atoms in total. The number of alkyl halides is 3. The van der Waals surface area contributed by atoms with Gasteiger partial charge in [0.25, 0.3) is 0 Å². The maximum absolute atomic E-state index is 13.1. The average molecular weight is 589 g/mol. The van der Waals surface area contributed by atoms with E-state index in [1.54, 1.807) is 47.9 Å². The molecule has 0 aliphatic carbocycles. The summed E-state index contributed by atoms with van der Waals surface area (Å²) in [5, 5.41) is 15.0. The highest BCUT2D eigenvalue weighted by molar-refractivity contribution is 6.31. The van der Waals surface area contributed by atoms with Crippen molar-refractivity contribution in [2.75, 3.05) is 0 Å². The average Bonchev–Trinajstić information content (AvgIpc) is 3.42. The van der Waals surface area contributed by atoms with Crippen molar-refractivity contribution < 1.29 is 41.8 Å². The van der Waals surface area contributed by atoms with E-state index in [2.05, 4.69) is 9.89 Å². The lowest BCUT2D eigenvalue weighted by molar-refractivity contribution is -0.274. The molecule has 2 aromatic heterocycles. The molecular formula is C29H24ClF3N2O6. The Morgan fingerprint density at radius 3 is 2.59 bits per heavy atom. The topological polar surface area (TPSA) is 96.0 Å². The van der Waals surface area contributed by atoms with Gasteiger partial charge in [0.15, 0.2) is 23.3 Å². The normalized spacial score (nSPS) is 12.6. The highest BCUT2D eigenvalue weighted by Crippen LogP contribution is 2.43. The van der Waals surface area contributed by atoms with Crippen molar-refractivity contribution in [2.45, 2.75) is 46.1 Å². The van der Waals surface area contributed by atoms with Crippen molar-refractivity contribution in [1.29, 1.82) is 0 Å². The third kappa shape index (κ3) is 5.62. The van der Waals surface area contributed by atoms with Crippen molar-refractivity contribution in [1.82, 2.24) is 9.72 Å². The molecule has 5 rings (SSSR count). The zero-order valence-corrected chi connectivity index (χ0v) is 22.8. The van der Waals surface area contributed by atoms with Crippen LogP contribution in [-0.4, -0.2) is 33.3 Å². The molecule has 0 aliphatic rings. The number of benzene rings is 3. The Balaban J connectivity index is 1.70. The summed E-state index contributed by atoms with van der Waals surface area (Å²) in [4.78, 5) is 11.4. The second-order valence-electron chi connectivity index (χ2n) is 9.31. The molecule has 1 N–H and O–H groups in total. The van der Waals surface area contributed by atoms with Gasteiger partial charge in [-0.2, -0.15) is 0 Å². The van der Waals surface area contributed by atoms with E-state index >= 15 is 0 Å². The molecule has 0 spiro atoms. The lowest BCUT2D eigenvalue weighted by Crippen LogP contribution is -2.23. The second kappa shape index (κ2) is 10.9. The predicted molar refractivity (Wildman–Crippen MR) is 146 cm³/mol. The number of carboxylic acids is 1. The molecule has 0 saturated heterocycles. The Labute approximate surface area is 236 Å². The molecule has 0 amide bonds. The smallest absolute Gasteiger partial charge is 0.479 e. The summed E-state index contributed by atoms with van der Waals surface area (Å²) in [6, 6.07) is 13.9. The van der Waals surface area contributed by atoms with Gasteiger partial charge < -0.3 is 23.8 Å². The molecular weight excluding hydrogens is 565 g/mol. The molecule has 214 valence electrons. The number of carboxylic acid groups (broad SMARTS) is 1. The van der Waals surface area contributed by atoms with Crippen LogP contribution in [0.3, 0.4) is 0 Å². The first-order valence-corrected chi connectivity index (χ1v) is 13.0. The first kappa shape index (κ1) is 28.2. The van der Waals surface area contributed by atoms with Gasteiger partial charge >= 0.3 is 12.3 Å². The van der Waals surface area contributed by atoms with Gasteiger partial charge in [-0.15, -0.1) is 13.2 Å². The second-order valence-corrected chi connectivity index (χ2v) is 9.74. The fourth-order valence-electron chi connectivity index (χ4n) is 4.63. The van der Waals surface area contributed by atoms with Gasteiger partial charge in [0.2, 0.25) is 0 Å². The lowest BCUT2D eigenvalue weighted by atomic mass is 10.1. The number of halogens is 4. The largest absolute Gasteiger partial charge is 0.573 e. The Bertz CT molecular complexity index is 1760. The minimum absolute atomic E-state index is 0.249. The van der Waals surface area contributed by atoms with Crippen LogP contribution in [0.15, 0.2) is 59.1 Å². The standard InChI is InChI=1S/C29H24ClF3N2O6/c1-4-6-19-23(38-16(3)28(36)37)7-5-8-24(19)39-26-15(2)35(27-20-11-9-17(30)13-25(20)41-34-27)22-12-10-18(14-21(22)26)40-29(31,32)33/h5,7-14,16H,4,6H2,1-3H3,(H,36,37)/t16-/m0/s1. The Morgan fingerprint density at radius 2 is 1.88 bits per heavy atom. The van der Waals surface area contributed by atoms with Crippen molar-refractivity contribution in [2.24, 2.45) is 0 Å². The molecule has 0 aliphatic heterocycles. The van der Waals surface area contributed by atoms with E-state index in [9.17, 15) is 23.1 Å².